The van der Waals surface area contributed by atoms with E-state index in [1.54, 1.807) is 11.8 Å². The zero-order valence-corrected chi connectivity index (χ0v) is 12.8. The first-order valence-electron chi connectivity index (χ1n) is 6.28. The first-order chi connectivity index (χ1) is 9.43. The molecule has 0 spiro atoms. The Hall–Kier alpha value is -0.690. The number of nitrogens with zero attached hydrogens (tertiary/aromatic N) is 1. The van der Waals surface area contributed by atoms with Crippen molar-refractivity contribution in [1.29, 1.82) is 0 Å². The van der Waals surface area contributed by atoms with Crippen LogP contribution in [0.5, 0.6) is 0 Å². The van der Waals surface area contributed by atoms with Gasteiger partial charge in [-0.3, -0.25) is 4.99 Å². The molecule has 1 saturated carbocycles. The molecule has 1 unspecified atom stereocenters. The molecule has 1 aromatic rings. The molecule has 2 nitrogen and oxygen atoms in total. The van der Waals surface area contributed by atoms with Crippen LogP contribution in [0.15, 0.2) is 27.7 Å². The number of benzene rings is 1. The number of aliphatic imine (C=N–C) groups is 1. The van der Waals surface area contributed by atoms with E-state index in [1.807, 2.05) is 0 Å². The van der Waals surface area contributed by atoms with Crippen LogP contribution in [-0.4, -0.2) is 17.0 Å². The van der Waals surface area contributed by atoms with Gasteiger partial charge < -0.3 is 5.32 Å². The van der Waals surface area contributed by atoms with Crippen molar-refractivity contribution in [3.63, 3.8) is 0 Å². The summed E-state index contributed by atoms with van der Waals surface area (Å²) in [4.78, 5) is 4.37. The fraction of sp³-hybridized carbons (Fsp3) is 0.462. The van der Waals surface area contributed by atoms with Crippen molar-refractivity contribution >= 4 is 38.5 Å². The summed E-state index contributed by atoms with van der Waals surface area (Å²) in [6.07, 6.45) is -1.85. The van der Waals surface area contributed by atoms with E-state index in [9.17, 15) is 13.2 Å². The molecule has 1 atom stereocenters. The van der Waals surface area contributed by atoms with Crippen molar-refractivity contribution in [2.24, 2.45) is 10.9 Å². The van der Waals surface area contributed by atoms with Gasteiger partial charge in [0.2, 0.25) is 0 Å². The van der Waals surface area contributed by atoms with Gasteiger partial charge in [0, 0.05) is 9.72 Å². The lowest BCUT2D eigenvalue weighted by molar-refractivity contribution is -0.137. The van der Waals surface area contributed by atoms with Crippen LogP contribution in [-0.2, 0) is 6.18 Å². The van der Waals surface area contributed by atoms with Crippen molar-refractivity contribution < 1.29 is 13.2 Å². The van der Waals surface area contributed by atoms with Crippen LogP contribution in [0.25, 0.3) is 0 Å². The molecule has 1 aliphatic heterocycles. The highest BCUT2D eigenvalue weighted by molar-refractivity contribution is 9.10. The van der Waals surface area contributed by atoms with E-state index in [1.165, 1.54) is 18.9 Å². The Morgan fingerprint density at radius 2 is 2.05 bits per heavy atom. The molecule has 1 aliphatic carbocycles. The fourth-order valence-corrected chi connectivity index (χ4v) is 3.65. The second-order valence-electron chi connectivity index (χ2n) is 4.96. The molecule has 3 rings (SSSR count). The average Bonchev–Trinajstić information content (AvgIpc) is 3.12. The molecule has 1 fully saturated rings. The molecule has 2 aliphatic rings. The molecule has 0 amide bonds. The Labute approximate surface area is 127 Å². The van der Waals surface area contributed by atoms with E-state index in [0.717, 1.165) is 24.6 Å². The van der Waals surface area contributed by atoms with Crippen molar-refractivity contribution in [1.82, 2.24) is 0 Å². The molecule has 0 aromatic heterocycles. The van der Waals surface area contributed by atoms with Crippen LogP contribution >= 0.6 is 27.7 Å². The van der Waals surface area contributed by atoms with E-state index in [-0.39, 0.29) is 0 Å². The van der Waals surface area contributed by atoms with Crippen LogP contribution in [0.2, 0.25) is 0 Å². The van der Waals surface area contributed by atoms with Crippen LogP contribution in [0, 0.1) is 5.92 Å². The van der Waals surface area contributed by atoms with Crippen LogP contribution in [0.1, 0.15) is 18.4 Å². The Kier molecular flexibility index (Phi) is 3.75. The summed E-state index contributed by atoms with van der Waals surface area (Å²) in [5.41, 5.74) is -0.256. The zero-order valence-electron chi connectivity index (χ0n) is 10.4. The smallest absolute Gasteiger partial charge is 0.334 e. The van der Waals surface area contributed by atoms with E-state index in [0.29, 0.717) is 20.6 Å². The minimum atomic E-state index is -4.34. The summed E-state index contributed by atoms with van der Waals surface area (Å²) in [6.45, 7) is 0.758. The third kappa shape index (κ3) is 3.14. The normalized spacial score (nSPS) is 22.8. The van der Waals surface area contributed by atoms with Crippen molar-refractivity contribution in [3.8, 4) is 0 Å². The van der Waals surface area contributed by atoms with Gasteiger partial charge in [0.05, 0.1) is 17.8 Å². The highest BCUT2D eigenvalue weighted by Crippen LogP contribution is 2.42. The Balaban J connectivity index is 1.73. The number of rotatable bonds is 2. The largest absolute Gasteiger partial charge is 0.416 e. The molecule has 0 bridgehead atoms. The van der Waals surface area contributed by atoms with Crippen molar-refractivity contribution in [3.05, 3.63) is 28.2 Å². The Morgan fingerprint density at radius 1 is 1.30 bits per heavy atom. The summed E-state index contributed by atoms with van der Waals surface area (Å²) in [5.74, 6) is 0.730. The zero-order chi connectivity index (χ0) is 14.3. The minimum absolute atomic E-state index is 0.405. The molecule has 7 heteroatoms. The number of thioether (sulfide) groups is 1. The van der Waals surface area contributed by atoms with E-state index in [2.05, 4.69) is 26.2 Å². The fourth-order valence-electron chi connectivity index (χ4n) is 2.09. The highest BCUT2D eigenvalue weighted by Gasteiger charge is 2.35. The minimum Gasteiger partial charge on any atom is -0.334 e. The van der Waals surface area contributed by atoms with Gasteiger partial charge in [0.1, 0.15) is 0 Å². The lowest BCUT2D eigenvalue weighted by atomic mass is 10.2. The summed E-state index contributed by atoms with van der Waals surface area (Å²) < 4.78 is 38.7. The van der Waals surface area contributed by atoms with Gasteiger partial charge in [-0.2, -0.15) is 13.2 Å². The number of halogens is 4. The predicted octanol–water partition coefficient (Wildman–Crippen LogP) is 4.76. The van der Waals surface area contributed by atoms with Gasteiger partial charge in [-0.1, -0.05) is 11.8 Å². The monoisotopic (exact) mass is 364 g/mol. The maximum Gasteiger partial charge on any atom is 0.416 e. The van der Waals surface area contributed by atoms with Crippen molar-refractivity contribution in [2.45, 2.75) is 24.3 Å². The van der Waals surface area contributed by atoms with Crippen molar-refractivity contribution in [2.75, 3.05) is 11.9 Å². The molecule has 108 valence electrons. The maximum absolute atomic E-state index is 12.7. The summed E-state index contributed by atoms with van der Waals surface area (Å²) in [5, 5.41) is 4.20. The molecule has 0 saturated heterocycles. The molecule has 0 radical (unpaired) electrons. The second-order valence-corrected chi connectivity index (χ2v) is 7.04. The maximum atomic E-state index is 12.7. The van der Waals surface area contributed by atoms with Crippen LogP contribution in [0.3, 0.4) is 0 Å². The van der Waals surface area contributed by atoms with E-state index in [4.69, 9.17) is 0 Å². The Morgan fingerprint density at radius 3 is 2.70 bits per heavy atom. The van der Waals surface area contributed by atoms with Gasteiger partial charge in [-0.25, -0.2) is 0 Å². The molecular weight excluding hydrogens is 353 g/mol. The third-order valence-corrected chi connectivity index (χ3v) is 5.34. The first kappa shape index (κ1) is 14.3. The topological polar surface area (TPSA) is 24.4 Å². The predicted molar refractivity (Wildman–Crippen MR) is 79.2 cm³/mol. The summed E-state index contributed by atoms with van der Waals surface area (Å²) in [6, 6.07) is 3.58. The van der Waals surface area contributed by atoms with E-state index < -0.39 is 11.7 Å². The lowest BCUT2D eigenvalue weighted by Gasteiger charge is -2.12. The quantitative estimate of drug-likeness (QED) is 0.817. The molecule has 1 N–H and O–H groups in total. The number of hydrogen-bond acceptors (Lipinski definition) is 3. The first-order valence-corrected chi connectivity index (χ1v) is 7.95. The van der Waals surface area contributed by atoms with Gasteiger partial charge in [-0.05, 0) is 52.9 Å². The summed E-state index contributed by atoms with van der Waals surface area (Å²) >= 11 is 4.90. The van der Waals surface area contributed by atoms with Gasteiger partial charge in [0.25, 0.3) is 0 Å². The number of amidine groups is 1. The molecule has 1 heterocycles. The number of hydrogen-bond donors (Lipinski definition) is 1. The van der Waals surface area contributed by atoms with Crippen LogP contribution < -0.4 is 5.32 Å². The summed E-state index contributed by atoms with van der Waals surface area (Å²) in [7, 11) is 0. The Bertz CT molecular complexity index is 555. The third-order valence-electron chi connectivity index (χ3n) is 3.36. The molecular formula is C13H12BrF3N2S. The van der Waals surface area contributed by atoms with Crippen LogP contribution in [0.4, 0.5) is 18.9 Å². The molecule has 20 heavy (non-hydrogen) atoms. The average molecular weight is 365 g/mol. The molecule has 1 aromatic carbocycles. The standard InChI is InChI=1S/C13H12BrF3N2S/c14-9-4-3-8(13(15,16)17)5-10(9)19-12-18-6-11(20-12)7-1-2-7/h3-5,7,11H,1-2,6H2,(H,18,19). The number of nitrogens with one attached hydrogen (secondary N) is 1. The second kappa shape index (κ2) is 5.26. The van der Waals surface area contributed by atoms with Gasteiger partial charge >= 0.3 is 6.18 Å². The SMILES string of the molecule is FC(F)(F)c1ccc(Br)c(NC2=NCC(C3CC3)S2)c1. The number of anilines is 1. The van der Waals surface area contributed by atoms with Gasteiger partial charge in [-0.15, -0.1) is 0 Å². The lowest BCUT2D eigenvalue weighted by Crippen LogP contribution is -2.11. The number of alkyl halides is 3. The highest BCUT2D eigenvalue weighted by atomic mass is 79.9. The van der Waals surface area contributed by atoms with Gasteiger partial charge in [0.15, 0.2) is 5.17 Å². The van der Waals surface area contributed by atoms with E-state index >= 15 is 0 Å².